The first-order chi connectivity index (χ1) is 9.13. The van der Waals surface area contributed by atoms with Gasteiger partial charge in [0.1, 0.15) is 0 Å². The average molecular weight is 289 g/mol. The zero-order valence-electron chi connectivity index (χ0n) is 10.1. The van der Waals surface area contributed by atoms with Gasteiger partial charge in [-0.2, -0.15) is 0 Å². The monoisotopic (exact) mass is 289 g/mol. The van der Waals surface area contributed by atoms with Crippen molar-refractivity contribution in [3.63, 3.8) is 0 Å². The van der Waals surface area contributed by atoms with Crippen molar-refractivity contribution < 1.29 is 10.2 Å². The van der Waals surface area contributed by atoms with Crippen molar-refractivity contribution in [2.45, 2.75) is 16.2 Å². The van der Waals surface area contributed by atoms with Crippen molar-refractivity contribution in [1.29, 1.82) is 0 Å². The first-order valence-corrected chi connectivity index (χ1v) is 7.33. The number of aromatic hydroxyl groups is 2. The van der Waals surface area contributed by atoms with Gasteiger partial charge in [-0.1, -0.05) is 23.9 Å². The van der Waals surface area contributed by atoms with Gasteiger partial charge in [0.05, 0.1) is 10.2 Å². The summed E-state index contributed by atoms with van der Waals surface area (Å²) >= 11 is 3.12. The van der Waals surface area contributed by atoms with E-state index in [1.54, 1.807) is 23.5 Å². The molecule has 0 aliphatic carbocycles. The van der Waals surface area contributed by atoms with E-state index in [-0.39, 0.29) is 11.5 Å². The Balaban J connectivity index is 1.98. The maximum absolute atomic E-state index is 9.56. The predicted molar refractivity (Wildman–Crippen MR) is 78.3 cm³/mol. The molecule has 0 aliphatic heterocycles. The largest absolute Gasteiger partial charge is 0.504 e. The van der Waals surface area contributed by atoms with E-state index in [1.807, 2.05) is 31.2 Å². The molecule has 0 saturated heterocycles. The zero-order valence-corrected chi connectivity index (χ0v) is 11.8. The highest BCUT2D eigenvalue weighted by molar-refractivity contribution is 8.01. The van der Waals surface area contributed by atoms with Crippen molar-refractivity contribution in [3.05, 3.63) is 42.0 Å². The van der Waals surface area contributed by atoms with Gasteiger partial charge in [0.25, 0.3) is 0 Å². The zero-order chi connectivity index (χ0) is 13.4. The number of rotatable bonds is 2. The van der Waals surface area contributed by atoms with Gasteiger partial charge < -0.3 is 10.2 Å². The fourth-order valence-electron chi connectivity index (χ4n) is 1.76. The maximum Gasteiger partial charge on any atom is 0.158 e. The van der Waals surface area contributed by atoms with E-state index in [1.165, 1.54) is 11.8 Å². The van der Waals surface area contributed by atoms with Crippen LogP contribution in [0.2, 0.25) is 0 Å². The van der Waals surface area contributed by atoms with E-state index in [0.29, 0.717) is 0 Å². The number of aryl methyl sites for hydroxylation is 1. The van der Waals surface area contributed by atoms with Crippen molar-refractivity contribution >= 4 is 33.3 Å². The molecule has 5 heteroatoms. The molecule has 3 aromatic rings. The summed E-state index contributed by atoms with van der Waals surface area (Å²) in [6.07, 6.45) is 0. The number of benzene rings is 2. The molecule has 0 saturated carbocycles. The summed E-state index contributed by atoms with van der Waals surface area (Å²) in [4.78, 5) is 5.44. The number of aromatic nitrogens is 1. The highest BCUT2D eigenvalue weighted by Gasteiger charge is 2.10. The SMILES string of the molecule is Cc1cc(O)c(O)cc1Sc1nc2ccccc2s1. The molecule has 1 aromatic heterocycles. The number of para-hydroxylation sites is 1. The molecule has 2 N–H and O–H groups in total. The fraction of sp³-hybridized carbons (Fsp3) is 0.0714. The average Bonchev–Trinajstić information content (AvgIpc) is 2.78. The van der Waals surface area contributed by atoms with Crippen molar-refractivity contribution in [2.75, 3.05) is 0 Å². The Labute approximate surface area is 118 Å². The molecule has 3 nitrogen and oxygen atoms in total. The summed E-state index contributed by atoms with van der Waals surface area (Å²) in [5.41, 5.74) is 1.90. The molecule has 19 heavy (non-hydrogen) atoms. The van der Waals surface area contributed by atoms with E-state index in [4.69, 9.17) is 0 Å². The molecule has 0 unspecified atom stereocenters. The summed E-state index contributed by atoms with van der Waals surface area (Å²) in [6, 6.07) is 11.1. The molecule has 0 radical (unpaired) electrons. The molecule has 0 spiro atoms. The number of fused-ring (bicyclic) bond motifs is 1. The number of hydrogen-bond acceptors (Lipinski definition) is 5. The van der Waals surface area contributed by atoms with Crippen LogP contribution in [0, 0.1) is 6.92 Å². The van der Waals surface area contributed by atoms with Crippen LogP contribution < -0.4 is 0 Å². The smallest absolute Gasteiger partial charge is 0.158 e. The third kappa shape index (κ3) is 2.39. The molecule has 1 heterocycles. The highest BCUT2D eigenvalue weighted by atomic mass is 32.2. The molecule has 0 amide bonds. The molecule has 0 bridgehead atoms. The normalized spacial score (nSPS) is 11.0. The lowest BCUT2D eigenvalue weighted by Crippen LogP contribution is -1.80. The van der Waals surface area contributed by atoms with Crippen LogP contribution in [0.25, 0.3) is 10.2 Å². The van der Waals surface area contributed by atoms with E-state index in [0.717, 1.165) is 25.0 Å². The van der Waals surface area contributed by atoms with E-state index in [9.17, 15) is 10.2 Å². The molecule has 0 atom stereocenters. The van der Waals surface area contributed by atoms with Gasteiger partial charge in [-0.25, -0.2) is 4.98 Å². The van der Waals surface area contributed by atoms with Gasteiger partial charge in [-0.15, -0.1) is 11.3 Å². The first kappa shape index (κ1) is 12.3. The van der Waals surface area contributed by atoms with Crippen molar-refractivity contribution in [1.82, 2.24) is 4.98 Å². The van der Waals surface area contributed by atoms with Gasteiger partial charge in [0.15, 0.2) is 15.8 Å². The second-order valence-corrected chi connectivity index (χ2v) is 6.48. The maximum atomic E-state index is 9.56. The fourth-order valence-corrected chi connectivity index (χ4v) is 3.89. The predicted octanol–water partition coefficient (Wildman–Crippen LogP) is 4.17. The Bertz CT molecular complexity index is 719. The van der Waals surface area contributed by atoms with Crippen molar-refractivity contribution in [3.8, 4) is 11.5 Å². The molecule has 3 rings (SSSR count). The summed E-state index contributed by atoms with van der Waals surface area (Å²) in [5.74, 6) is -0.194. The van der Waals surface area contributed by atoms with Gasteiger partial charge in [0.2, 0.25) is 0 Å². The lowest BCUT2D eigenvalue weighted by atomic mass is 10.2. The molecule has 0 fully saturated rings. The van der Waals surface area contributed by atoms with Crippen molar-refractivity contribution in [2.24, 2.45) is 0 Å². The van der Waals surface area contributed by atoms with Gasteiger partial charge in [-0.3, -0.25) is 0 Å². The Morgan fingerprint density at radius 1 is 1.11 bits per heavy atom. The van der Waals surface area contributed by atoms with E-state index < -0.39 is 0 Å². The molecule has 0 aliphatic rings. The number of thiazole rings is 1. The number of phenols is 2. The summed E-state index contributed by atoms with van der Waals surface area (Å²) in [6.45, 7) is 1.90. The molecule has 96 valence electrons. The topological polar surface area (TPSA) is 53.4 Å². The lowest BCUT2D eigenvalue weighted by molar-refractivity contribution is 0.402. The summed E-state index contributed by atoms with van der Waals surface area (Å²) in [7, 11) is 0. The summed E-state index contributed by atoms with van der Waals surface area (Å²) in [5, 5.41) is 19.0. The van der Waals surface area contributed by atoms with Crippen LogP contribution in [0.15, 0.2) is 45.6 Å². The van der Waals surface area contributed by atoms with Gasteiger partial charge in [0, 0.05) is 4.90 Å². The van der Waals surface area contributed by atoms with Crippen LogP contribution in [-0.4, -0.2) is 15.2 Å². The second-order valence-electron chi connectivity index (χ2n) is 4.16. The van der Waals surface area contributed by atoms with Gasteiger partial charge in [-0.05, 0) is 36.8 Å². The molecular weight excluding hydrogens is 278 g/mol. The Hall–Kier alpha value is -1.72. The van der Waals surface area contributed by atoms with Crippen LogP contribution in [0.3, 0.4) is 0 Å². The number of nitrogens with zero attached hydrogens (tertiary/aromatic N) is 1. The third-order valence-electron chi connectivity index (χ3n) is 2.74. The Morgan fingerprint density at radius 2 is 1.84 bits per heavy atom. The standard InChI is InChI=1S/C14H11NO2S2/c1-8-6-10(16)11(17)7-13(8)19-14-15-9-4-2-3-5-12(9)18-14/h2-7,16-17H,1H3. The van der Waals surface area contributed by atoms with E-state index in [2.05, 4.69) is 4.98 Å². The van der Waals surface area contributed by atoms with E-state index >= 15 is 0 Å². The number of phenolic OH excluding ortho intramolecular Hbond substituents is 2. The quantitative estimate of drug-likeness (QED) is 0.695. The molecular formula is C14H11NO2S2. The minimum atomic E-state index is -0.103. The minimum absolute atomic E-state index is 0.0915. The van der Waals surface area contributed by atoms with Crippen LogP contribution in [0.5, 0.6) is 11.5 Å². The minimum Gasteiger partial charge on any atom is -0.504 e. The summed E-state index contributed by atoms with van der Waals surface area (Å²) < 4.78 is 2.07. The Kier molecular flexibility index (Phi) is 3.08. The van der Waals surface area contributed by atoms with Crippen LogP contribution in [0.4, 0.5) is 0 Å². The molecule has 2 aromatic carbocycles. The van der Waals surface area contributed by atoms with Gasteiger partial charge >= 0.3 is 0 Å². The Morgan fingerprint density at radius 3 is 2.63 bits per heavy atom. The van der Waals surface area contributed by atoms with Crippen LogP contribution >= 0.6 is 23.1 Å². The van der Waals surface area contributed by atoms with Crippen LogP contribution in [0.1, 0.15) is 5.56 Å². The second kappa shape index (κ2) is 4.75. The van der Waals surface area contributed by atoms with Crippen LogP contribution in [-0.2, 0) is 0 Å². The lowest BCUT2D eigenvalue weighted by Gasteiger charge is -2.05. The first-order valence-electron chi connectivity index (χ1n) is 5.69. The third-order valence-corrected chi connectivity index (χ3v) is 5.00. The highest BCUT2D eigenvalue weighted by Crippen LogP contribution is 2.39. The number of hydrogen-bond donors (Lipinski definition) is 2.